The number of hydrogen-bond donors (Lipinski definition) is 0. The van der Waals surface area contributed by atoms with Crippen molar-refractivity contribution in [3.63, 3.8) is 0 Å². The van der Waals surface area contributed by atoms with E-state index in [2.05, 4.69) is 34.1 Å². The van der Waals surface area contributed by atoms with E-state index in [0.29, 0.717) is 0 Å². The lowest BCUT2D eigenvalue weighted by Crippen LogP contribution is -2.22. The van der Waals surface area contributed by atoms with E-state index < -0.39 is 0 Å². The standard InChI is InChI=1S/C13H7BrO/c14-10-2-1-8-5-9-6-11(15)3-4-12(9)13(8)7-10/h1-7H. The minimum absolute atomic E-state index is 0.0665. The van der Waals surface area contributed by atoms with Gasteiger partial charge < -0.3 is 0 Å². The highest BCUT2D eigenvalue weighted by molar-refractivity contribution is 9.10. The summed E-state index contributed by atoms with van der Waals surface area (Å²) in [5.41, 5.74) is 2.17. The molecule has 0 spiro atoms. The van der Waals surface area contributed by atoms with Crippen molar-refractivity contribution in [1.82, 2.24) is 0 Å². The fourth-order valence-electron chi connectivity index (χ4n) is 1.96. The van der Waals surface area contributed by atoms with Gasteiger partial charge in [0.05, 0.1) is 0 Å². The average Bonchev–Trinajstić information content (AvgIpc) is 2.54. The number of carbonyl (C=O) groups excluding carboxylic acids is 1. The molecule has 1 aromatic rings. The Kier molecular flexibility index (Phi) is 1.80. The monoisotopic (exact) mass is 258 g/mol. The second-order valence-corrected chi connectivity index (χ2v) is 4.54. The summed E-state index contributed by atoms with van der Waals surface area (Å²) < 4.78 is 1.06. The maximum absolute atomic E-state index is 11.2. The van der Waals surface area contributed by atoms with Gasteiger partial charge in [0.2, 0.25) is 0 Å². The van der Waals surface area contributed by atoms with E-state index >= 15 is 0 Å². The van der Waals surface area contributed by atoms with Crippen molar-refractivity contribution in [2.45, 2.75) is 0 Å². The summed E-state index contributed by atoms with van der Waals surface area (Å²) in [5, 5.41) is 2.37. The predicted octanol–water partition coefficient (Wildman–Crippen LogP) is 1.46. The van der Waals surface area contributed by atoms with Crippen molar-refractivity contribution in [2.75, 3.05) is 0 Å². The molecule has 0 atom stereocenters. The first-order valence-electron chi connectivity index (χ1n) is 4.70. The van der Waals surface area contributed by atoms with Gasteiger partial charge in [0.25, 0.3) is 0 Å². The number of carbonyl (C=O) groups is 1. The van der Waals surface area contributed by atoms with E-state index in [9.17, 15) is 4.79 Å². The Morgan fingerprint density at radius 1 is 1.07 bits per heavy atom. The summed E-state index contributed by atoms with van der Waals surface area (Å²) in [7, 11) is 0. The van der Waals surface area contributed by atoms with Gasteiger partial charge in [-0.1, -0.05) is 22.0 Å². The van der Waals surface area contributed by atoms with E-state index in [4.69, 9.17) is 0 Å². The van der Waals surface area contributed by atoms with E-state index in [1.807, 2.05) is 12.1 Å². The van der Waals surface area contributed by atoms with Gasteiger partial charge in [0, 0.05) is 4.47 Å². The van der Waals surface area contributed by atoms with Crippen LogP contribution in [0.2, 0.25) is 0 Å². The Morgan fingerprint density at radius 3 is 2.80 bits per heavy atom. The highest BCUT2D eigenvalue weighted by Gasteiger charge is 2.13. The van der Waals surface area contributed by atoms with E-state index in [1.165, 1.54) is 10.4 Å². The molecule has 72 valence electrons. The molecule has 0 amide bonds. The van der Waals surface area contributed by atoms with E-state index in [0.717, 1.165) is 15.6 Å². The molecule has 2 heteroatoms. The molecule has 0 heterocycles. The van der Waals surface area contributed by atoms with E-state index in [-0.39, 0.29) is 5.78 Å². The third-order valence-corrected chi connectivity index (χ3v) is 3.13. The van der Waals surface area contributed by atoms with Crippen LogP contribution in [-0.2, 0) is 4.79 Å². The van der Waals surface area contributed by atoms with Gasteiger partial charge in [-0.25, -0.2) is 0 Å². The van der Waals surface area contributed by atoms with Crippen molar-refractivity contribution >= 4 is 33.4 Å². The molecule has 2 aliphatic rings. The lowest BCUT2D eigenvalue weighted by atomic mass is 10.0. The largest absolute Gasteiger partial charge is 0.290 e. The number of fused-ring (bicyclic) bond motifs is 2. The second kappa shape index (κ2) is 3.04. The van der Waals surface area contributed by atoms with Crippen LogP contribution in [0.4, 0.5) is 0 Å². The Labute approximate surface area is 95.2 Å². The molecule has 0 fully saturated rings. The van der Waals surface area contributed by atoms with Crippen molar-refractivity contribution in [3.8, 4) is 0 Å². The molecule has 2 aliphatic carbocycles. The highest BCUT2D eigenvalue weighted by Crippen LogP contribution is 2.20. The summed E-state index contributed by atoms with van der Waals surface area (Å²) in [6.45, 7) is 0. The SMILES string of the molecule is O=C1C=CC2=c3cc(Br)ccc3=CC2=C1. The zero-order chi connectivity index (χ0) is 10.4. The summed E-state index contributed by atoms with van der Waals surface area (Å²) >= 11 is 3.46. The van der Waals surface area contributed by atoms with Gasteiger partial charge >= 0.3 is 0 Å². The molecule has 0 bridgehead atoms. The third-order valence-electron chi connectivity index (χ3n) is 2.64. The highest BCUT2D eigenvalue weighted by atomic mass is 79.9. The van der Waals surface area contributed by atoms with Gasteiger partial charge in [0.1, 0.15) is 0 Å². The molecule has 3 rings (SSSR count). The summed E-state index contributed by atoms with van der Waals surface area (Å²) in [4.78, 5) is 11.2. The maximum atomic E-state index is 11.2. The molecule has 0 aliphatic heterocycles. The fourth-order valence-corrected chi connectivity index (χ4v) is 2.32. The van der Waals surface area contributed by atoms with E-state index in [1.54, 1.807) is 12.2 Å². The molecule has 1 aromatic carbocycles. The fraction of sp³-hybridized carbons (Fsp3) is 0. The van der Waals surface area contributed by atoms with Crippen LogP contribution in [0.25, 0.3) is 11.6 Å². The third kappa shape index (κ3) is 1.33. The minimum atomic E-state index is 0.0665. The summed E-state index contributed by atoms with van der Waals surface area (Å²) in [6.07, 6.45) is 7.25. The lowest BCUT2D eigenvalue weighted by molar-refractivity contribution is -0.110. The maximum Gasteiger partial charge on any atom is 0.179 e. The van der Waals surface area contributed by atoms with Gasteiger partial charge in [-0.2, -0.15) is 0 Å². The van der Waals surface area contributed by atoms with Crippen LogP contribution in [0.3, 0.4) is 0 Å². The molecule has 0 saturated heterocycles. The van der Waals surface area contributed by atoms with Crippen molar-refractivity contribution < 1.29 is 4.79 Å². The molecular formula is C13H7BrO. The lowest BCUT2D eigenvalue weighted by Gasteiger charge is -2.02. The molecule has 0 aromatic heterocycles. The Morgan fingerprint density at radius 2 is 1.93 bits per heavy atom. The molecule has 0 unspecified atom stereocenters. The smallest absolute Gasteiger partial charge is 0.179 e. The van der Waals surface area contributed by atoms with Gasteiger partial charge in [-0.05, 0) is 58.0 Å². The predicted molar refractivity (Wildman–Crippen MR) is 63.5 cm³/mol. The molecule has 0 saturated carbocycles. The first kappa shape index (κ1) is 8.86. The van der Waals surface area contributed by atoms with Crippen LogP contribution in [-0.4, -0.2) is 5.78 Å². The van der Waals surface area contributed by atoms with Crippen LogP contribution in [0.5, 0.6) is 0 Å². The number of allylic oxidation sites excluding steroid dienone is 4. The van der Waals surface area contributed by atoms with Gasteiger partial charge in [0.15, 0.2) is 5.78 Å². The Hall–Kier alpha value is -1.41. The first-order chi connectivity index (χ1) is 7.24. The number of halogens is 1. The molecule has 0 N–H and O–H groups in total. The Bertz CT molecular complexity index is 648. The second-order valence-electron chi connectivity index (χ2n) is 3.62. The molecule has 1 nitrogen and oxygen atoms in total. The average molecular weight is 259 g/mol. The number of benzene rings is 1. The van der Waals surface area contributed by atoms with Crippen molar-refractivity contribution in [2.24, 2.45) is 0 Å². The van der Waals surface area contributed by atoms with Crippen molar-refractivity contribution in [1.29, 1.82) is 0 Å². The zero-order valence-electron chi connectivity index (χ0n) is 7.83. The van der Waals surface area contributed by atoms with Crippen LogP contribution in [0, 0.1) is 0 Å². The number of hydrogen-bond acceptors (Lipinski definition) is 1. The number of ketones is 1. The van der Waals surface area contributed by atoms with Crippen molar-refractivity contribution in [3.05, 3.63) is 56.9 Å². The number of rotatable bonds is 0. The van der Waals surface area contributed by atoms with Gasteiger partial charge in [-0.15, -0.1) is 0 Å². The van der Waals surface area contributed by atoms with Gasteiger partial charge in [-0.3, -0.25) is 4.79 Å². The minimum Gasteiger partial charge on any atom is -0.290 e. The molecule has 15 heavy (non-hydrogen) atoms. The Balaban J connectivity index is 2.43. The normalized spacial score (nSPS) is 17.0. The topological polar surface area (TPSA) is 17.1 Å². The van der Waals surface area contributed by atoms with Crippen LogP contribution >= 0.6 is 15.9 Å². The summed E-state index contributed by atoms with van der Waals surface area (Å²) in [6, 6.07) is 6.16. The zero-order valence-corrected chi connectivity index (χ0v) is 9.41. The first-order valence-corrected chi connectivity index (χ1v) is 5.49. The summed E-state index contributed by atoms with van der Waals surface area (Å²) in [5.74, 6) is 0.0665. The molecule has 0 radical (unpaired) electrons. The van der Waals surface area contributed by atoms with Crippen LogP contribution < -0.4 is 10.4 Å². The molecular weight excluding hydrogens is 252 g/mol. The van der Waals surface area contributed by atoms with Crippen LogP contribution in [0.1, 0.15) is 0 Å². The quantitative estimate of drug-likeness (QED) is 0.689. The van der Waals surface area contributed by atoms with Crippen LogP contribution in [0.15, 0.2) is 46.5 Å².